The summed E-state index contributed by atoms with van der Waals surface area (Å²) in [7, 11) is 0. The molecular weight excluding hydrogens is 262 g/mol. The summed E-state index contributed by atoms with van der Waals surface area (Å²) >= 11 is 0. The second kappa shape index (κ2) is 8.76. The van der Waals surface area contributed by atoms with Crippen molar-refractivity contribution in [2.24, 2.45) is 5.92 Å². The summed E-state index contributed by atoms with van der Waals surface area (Å²) in [6.07, 6.45) is 0.699. The van der Waals surface area contributed by atoms with Gasteiger partial charge in [0.15, 0.2) is 0 Å². The SMILES string of the molecule is CCC(C)C(NC(=O)NCCN1CCOCC1)C(=O)O. The molecule has 0 bridgehead atoms. The Bertz CT molecular complexity index is 319. The van der Waals surface area contributed by atoms with Gasteiger partial charge in [0.25, 0.3) is 0 Å². The Kier molecular flexibility index (Phi) is 7.32. The van der Waals surface area contributed by atoms with Crippen LogP contribution in [0.3, 0.4) is 0 Å². The molecule has 0 aromatic heterocycles. The highest BCUT2D eigenvalue weighted by Crippen LogP contribution is 2.07. The first-order valence-corrected chi connectivity index (χ1v) is 7.11. The second-order valence-corrected chi connectivity index (χ2v) is 5.06. The monoisotopic (exact) mass is 287 g/mol. The number of carbonyl (C=O) groups excluding carboxylic acids is 1. The van der Waals surface area contributed by atoms with Crippen LogP contribution in [0, 0.1) is 5.92 Å². The Morgan fingerprint density at radius 3 is 2.55 bits per heavy atom. The number of nitrogens with one attached hydrogen (secondary N) is 2. The number of carboxylic acids is 1. The molecule has 0 radical (unpaired) electrons. The van der Waals surface area contributed by atoms with Crippen LogP contribution in [0.4, 0.5) is 4.79 Å². The maximum atomic E-state index is 11.7. The molecule has 7 nitrogen and oxygen atoms in total. The molecule has 0 spiro atoms. The van der Waals surface area contributed by atoms with Crippen molar-refractivity contribution in [3.8, 4) is 0 Å². The molecule has 0 aliphatic carbocycles. The normalized spacial score (nSPS) is 19.1. The van der Waals surface area contributed by atoms with Crippen LogP contribution in [-0.4, -0.2) is 67.4 Å². The van der Waals surface area contributed by atoms with Crippen molar-refractivity contribution in [3.63, 3.8) is 0 Å². The quantitative estimate of drug-likeness (QED) is 0.618. The lowest BCUT2D eigenvalue weighted by Gasteiger charge is -2.26. The summed E-state index contributed by atoms with van der Waals surface area (Å²) in [5.41, 5.74) is 0. The van der Waals surface area contributed by atoms with E-state index in [2.05, 4.69) is 15.5 Å². The van der Waals surface area contributed by atoms with Crippen molar-refractivity contribution < 1.29 is 19.4 Å². The number of ether oxygens (including phenoxy) is 1. The topological polar surface area (TPSA) is 90.9 Å². The van der Waals surface area contributed by atoms with Crippen LogP contribution in [0.1, 0.15) is 20.3 Å². The zero-order valence-corrected chi connectivity index (χ0v) is 12.2. The summed E-state index contributed by atoms with van der Waals surface area (Å²) in [5, 5.41) is 14.3. The average molecular weight is 287 g/mol. The lowest BCUT2D eigenvalue weighted by molar-refractivity contribution is -0.140. The Hall–Kier alpha value is -1.34. The molecule has 2 amide bonds. The molecule has 1 heterocycles. The van der Waals surface area contributed by atoms with E-state index in [0.717, 1.165) is 32.8 Å². The molecule has 1 saturated heterocycles. The van der Waals surface area contributed by atoms with Crippen LogP contribution in [0.25, 0.3) is 0 Å². The Morgan fingerprint density at radius 2 is 2.00 bits per heavy atom. The molecule has 1 aliphatic rings. The maximum Gasteiger partial charge on any atom is 0.326 e. The summed E-state index contributed by atoms with van der Waals surface area (Å²) in [4.78, 5) is 25.0. The van der Waals surface area contributed by atoms with Crippen LogP contribution < -0.4 is 10.6 Å². The van der Waals surface area contributed by atoms with Gasteiger partial charge in [0.05, 0.1) is 13.2 Å². The number of amides is 2. The van der Waals surface area contributed by atoms with Crippen LogP contribution >= 0.6 is 0 Å². The number of carbonyl (C=O) groups is 2. The molecule has 116 valence electrons. The summed E-state index contributed by atoms with van der Waals surface area (Å²) in [6, 6.07) is -1.27. The minimum atomic E-state index is -0.998. The van der Waals surface area contributed by atoms with Gasteiger partial charge in [0.2, 0.25) is 0 Å². The first kappa shape index (κ1) is 16.7. The number of aliphatic carboxylic acids is 1. The predicted molar refractivity (Wildman–Crippen MR) is 74.7 cm³/mol. The number of hydrogen-bond acceptors (Lipinski definition) is 4. The van der Waals surface area contributed by atoms with Crippen LogP contribution in [-0.2, 0) is 9.53 Å². The fourth-order valence-corrected chi connectivity index (χ4v) is 2.03. The largest absolute Gasteiger partial charge is 0.480 e. The third-order valence-corrected chi connectivity index (χ3v) is 3.58. The van der Waals surface area contributed by atoms with E-state index in [1.54, 1.807) is 0 Å². The van der Waals surface area contributed by atoms with Crippen LogP contribution in [0.2, 0.25) is 0 Å². The summed E-state index contributed by atoms with van der Waals surface area (Å²) < 4.78 is 5.24. The molecule has 2 unspecified atom stereocenters. The molecule has 3 N–H and O–H groups in total. The van der Waals surface area contributed by atoms with Gasteiger partial charge in [-0.15, -0.1) is 0 Å². The van der Waals surface area contributed by atoms with Gasteiger partial charge in [-0.25, -0.2) is 9.59 Å². The zero-order chi connectivity index (χ0) is 15.0. The molecule has 2 atom stereocenters. The Labute approximate surface area is 119 Å². The van der Waals surface area contributed by atoms with E-state index in [1.165, 1.54) is 0 Å². The third-order valence-electron chi connectivity index (χ3n) is 3.58. The fraction of sp³-hybridized carbons (Fsp3) is 0.846. The van der Waals surface area contributed by atoms with Gasteiger partial charge >= 0.3 is 12.0 Å². The Morgan fingerprint density at radius 1 is 1.35 bits per heavy atom. The molecule has 0 aromatic carbocycles. The van der Waals surface area contributed by atoms with Crippen LogP contribution in [0.5, 0.6) is 0 Å². The number of hydrogen-bond donors (Lipinski definition) is 3. The number of morpholine rings is 1. The van der Waals surface area contributed by atoms with E-state index in [1.807, 2.05) is 13.8 Å². The predicted octanol–water partition coefficient (Wildman–Crippen LogP) is 0.117. The van der Waals surface area contributed by atoms with E-state index in [-0.39, 0.29) is 5.92 Å². The van der Waals surface area contributed by atoms with Gasteiger partial charge in [0.1, 0.15) is 6.04 Å². The maximum absolute atomic E-state index is 11.7. The third kappa shape index (κ3) is 5.75. The molecular formula is C13H25N3O4. The van der Waals surface area contributed by atoms with Gasteiger partial charge in [-0.3, -0.25) is 4.90 Å². The lowest BCUT2D eigenvalue weighted by Crippen LogP contribution is -2.50. The van der Waals surface area contributed by atoms with Crippen molar-refractivity contribution in [2.75, 3.05) is 39.4 Å². The second-order valence-electron chi connectivity index (χ2n) is 5.06. The molecule has 0 aromatic rings. The molecule has 20 heavy (non-hydrogen) atoms. The van der Waals surface area contributed by atoms with E-state index in [0.29, 0.717) is 13.0 Å². The van der Waals surface area contributed by atoms with Gasteiger partial charge < -0.3 is 20.5 Å². The van der Waals surface area contributed by atoms with Gasteiger partial charge in [-0.1, -0.05) is 20.3 Å². The zero-order valence-electron chi connectivity index (χ0n) is 12.2. The van der Waals surface area contributed by atoms with Crippen molar-refractivity contribution in [3.05, 3.63) is 0 Å². The first-order chi connectivity index (χ1) is 9.54. The molecule has 1 rings (SSSR count). The highest BCUT2D eigenvalue weighted by molar-refractivity contribution is 5.82. The molecule has 7 heteroatoms. The van der Waals surface area contributed by atoms with Gasteiger partial charge in [0, 0.05) is 26.2 Å². The number of urea groups is 1. The summed E-state index contributed by atoms with van der Waals surface area (Å²) in [5.74, 6) is -1.10. The van der Waals surface area contributed by atoms with Gasteiger partial charge in [-0.05, 0) is 5.92 Å². The smallest absolute Gasteiger partial charge is 0.326 e. The van der Waals surface area contributed by atoms with E-state index < -0.39 is 18.0 Å². The van der Waals surface area contributed by atoms with Crippen LogP contribution in [0.15, 0.2) is 0 Å². The molecule has 1 fully saturated rings. The van der Waals surface area contributed by atoms with Crippen molar-refractivity contribution >= 4 is 12.0 Å². The molecule has 1 aliphatic heterocycles. The van der Waals surface area contributed by atoms with Crippen molar-refractivity contribution in [1.29, 1.82) is 0 Å². The minimum absolute atomic E-state index is 0.0995. The van der Waals surface area contributed by atoms with E-state index >= 15 is 0 Å². The first-order valence-electron chi connectivity index (χ1n) is 7.11. The minimum Gasteiger partial charge on any atom is -0.480 e. The number of carboxylic acid groups (broad SMARTS) is 1. The summed E-state index contributed by atoms with van der Waals surface area (Å²) in [6.45, 7) is 8.15. The highest BCUT2D eigenvalue weighted by Gasteiger charge is 2.25. The standard InChI is InChI=1S/C13H25N3O4/c1-3-10(2)11(12(17)18)15-13(19)14-4-5-16-6-8-20-9-7-16/h10-11H,3-9H2,1-2H3,(H,17,18)(H2,14,15,19). The Balaban J connectivity index is 2.25. The fourth-order valence-electron chi connectivity index (χ4n) is 2.03. The van der Waals surface area contributed by atoms with E-state index in [4.69, 9.17) is 9.84 Å². The number of nitrogens with zero attached hydrogens (tertiary/aromatic N) is 1. The lowest BCUT2D eigenvalue weighted by atomic mass is 9.99. The average Bonchev–Trinajstić information content (AvgIpc) is 2.45. The number of rotatable bonds is 7. The van der Waals surface area contributed by atoms with Crippen molar-refractivity contribution in [1.82, 2.24) is 15.5 Å². The van der Waals surface area contributed by atoms with Crippen molar-refractivity contribution in [2.45, 2.75) is 26.3 Å². The highest BCUT2D eigenvalue weighted by atomic mass is 16.5. The molecule has 0 saturated carbocycles. The van der Waals surface area contributed by atoms with E-state index in [9.17, 15) is 9.59 Å². The van der Waals surface area contributed by atoms with Gasteiger partial charge in [-0.2, -0.15) is 0 Å².